The van der Waals surface area contributed by atoms with Gasteiger partial charge in [0.15, 0.2) is 4.34 Å². The monoisotopic (exact) mass is 474 g/mol. The largest absolute Gasteiger partial charge is 0.494 e. The molecular weight excluding hydrogens is 457 g/mol. The minimum Gasteiger partial charge on any atom is -0.494 e. The molecule has 3 heterocycles. The van der Waals surface area contributed by atoms with Crippen molar-refractivity contribution in [2.24, 2.45) is 0 Å². The third kappa shape index (κ3) is 5.07. The van der Waals surface area contributed by atoms with Crippen molar-refractivity contribution in [2.75, 3.05) is 11.9 Å². The lowest BCUT2D eigenvalue weighted by atomic mass is 10.2. The van der Waals surface area contributed by atoms with Gasteiger partial charge in [-0.05, 0) is 49.6 Å². The van der Waals surface area contributed by atoms with Gasteiger partial charge in [-0.3, -0.25) is 10.1 Å². The standard InChI is InChI=1S/C20H18N4O2S4/c1-3-26-14-8-6-13(7-9-14)18-21-12(2)16(29-18)17(25)22-19-23-24-20(30-19)28-11-15-5-4-10-27-15/h4-10H,3,11H2,1-2H3,(H,22,23,25). The number of benzene rings is 1. The maximum Gasteiger partial charge on any atom is 0.269 e. The minimum absolute atomic E-state index is 0.215. The fourth-order valence-electron chi connectivity index (χ4n) is 2.59. The van der Waals surface area contributed by atoms with Crippen molar-refractivity contribution in [1.29, 1.82) is 0 Å². The molecule has 0 unspecified atom stereocenters. The summed E-state index contributed by atoms with van der Waals surface area (Å²) in [5.74, 6) is 1.45. The van der Waals surface area contributed by atoms with E-state index in [1.165, 1.54) is 27.6 Å². The first-order valence-electron chi connectivity index (χ1n) is 9.13. The Morgan fingerprint density at radius 1 is 1.17 bits per heavy atom. The molecule has 0 saturated heterocycles. The molecule has 4 aromatic rings. The van der Waals surface area contributed by atoms with Crippen LogP contribution in [0.25, 0.3) is 10.6 Å². The lowest BCUT2D eigenvalue weighted by molar-refractivity contribution is 0.102. The number of aromatic nitrogens is 3. The number of anilines is 1. The van der Waals surface area contributed by atoms with Gasteiger partial charge in [-0.15, -0.1) is 32.9 Å². The van der Waals surface area contributed by atoms with Gasteiger partial charge in [0.2, 0.25) is 5.13 Å². The molecule has 0 fully saturated rings. The van der Waals surface area contributed by atoms with Crippen LogP contribution in [0.3, 0.4) is 0 Å². The van der Waals surface area contributed by atoms with Crippen LogP contribution in [-0.2, 0) is 5.75 Å². The van der Waals surface area contributed by atoms with Crippen LogP contribution in [0.15, 0.2) is 46.1 Å². The molecule has 0 aliphatic rings. The van der Waals surface area contributed by atoms with E-state index < -0.39 is 0 Å². The molecule has 3 aromatic heterocycles. The van der Waals surface area contributed by atoms with Crippen molar-refractivity contribution < 1.29 is 9.53 Å². The summed E-state index contributed by atoms with van der Waals surface area (Å²) in [5.41, 5.74) is 1.65. The van der Waals surface area contributed by atoms with Crippen LogP contribution in [0.1, 0.15) is 27.2 Å². The van der Waals surface area contributed by atoms with Crippen molar-refractivity contribution in [2.45, 2.75) is 23.9 Å². The average molecular weight is 475 g/mol. The third-order valence-corrected chi connectivity index (χ3v) is 8.25. The van der Waals surface area contributed by atoms with Crippen molar-refractivity contribution in [3.8, 4) is 16.3 Å². The van der Waals surface area contributed by atoms with Gasteiger partial charge in [-0.2, -0.15) is 0 Å². The van der Waals surface area contributed by atoms with Crippen molar-refractivity contribution >= 4 is 56.8 Å². The summed E-state index contributed by atoms with van der Waals surface area (Å²) in [5, 5.41) is 14.4. The smallest absolute Gasteiger partial charge is 0.269 e. The number of carbonyl (C=O) groups excluding carboxylic acids is 1. The molecule has 6 nitrogen and oxygen atoms in total. The van der Waals surface area contributed by atoms with E-state index in [9.17, 15) is 4.79 Å². The number of ether oxygens (including phenoxy) is 1. The van der Waals surface area contributed by atoms with Crippen LogP contribution in [0.5, 0.6) is 5.75 Å². The van der Waals surface area contributed by atoms with Crippen LogP contribution < -0.4 is 10.1 Å². The first kappa shape index (κ1) is 21.0. The maximum atomic E-state index is 12.7. The predicted octanol–water partition coefficient (Wildman–Crippen LogP) is 5.97. The molecule has 0 aliphatic carbocycles. The lowest BCUT2D eigenvalue weighted by Crippen LogP contribution is -2.11. The Hall–Kier alpha value is -2.27. The summed E-state index contributed by atoms with van der Waals surface area (Å²) in [6.45, 7) is 4.41. The number of aryl methyl sites for hydroxylation is 1. The second kappa shape index (κ2) is 9.69. The van der Waals surface area contributed by atoms with E-state index in [2.05, 4.69) is 31.9 Å². The number of hydrogen-bond donors (Lipinski definition) is 1. The van der Waals surface area contributed by atoms with Crippen molar-refractivity contribution in [3.63, 3.8) is 0 Å². The molecule has 0 atom stereocenters. The molecule has 154 valence electrons. The SMILES string of the molecule is CCOc1ccc(-c2nc(C)c(C(=O)Nc3nnc(SCc4cccs4)s3)s2)cc1. The summed E-state index contributed by atoms with van der Waals surface area (Å²) in [6, 6.07) is 11.8. The summed E-state index contributed by atoms with van der Waals surface area (Å²) in [7, 11) is 0. The van der Waals surface area contributed by atoms with Crippen LogP contribution in [0.4, 0.5) is 5.13 Å². The highest BCUT2D eigenvalue weighted by atomic mass is 32.2. The Morgan fingerprint density at radius 3 is 2.73 bits per heavy atom. The van der Waals surface area contributed by atoms with Gasteiger partial charge >= 0.3 is 0 Å². The van der Waals surface area contributed by atoms with Crippen LogP contribution >= 0.6 is 45.8 Å². The first-order valence-corrected chi connectivity index (χ1v) is 12.6. The number of carbonyl (C=O) groups is 1. The van der Waals surface area contributed by atoms with Gasteiger partial charge in [-0.25, -0.2) is 4.98 Å². The Kier molecular flexibility index (Phi) is 6.78. The highest BCUT2D eigenvalue weighted by molar-refractivity contribution is 8.00. The van der Waals surface area contributed by atoms with E-state index in [-0.39, 0.29) is 5.91 Å². The lowest BCUT2D eigenvalue weighted by Gasteiger charge is -2.02. The zero-order chi connectivity index (χ0) is 20.9. The number of thiazole rings is 1. The second-order valence-corrected chi connectivity index (χ2v) is 10.3. The van der Waals surface area contributed by atoms with Gasteiger partial charge in [0.05, 0.1) is 12.3 Å². The fourth-order valence-corrected chi connectivity index (χ4v) is 6.08. The molecule has 0 saturated carbocycles. The maximum absolute atomic E-state index is 12.7. The number of thiophene rings is 1. The van der Waals surface area contributed by atoms with Gasteiger partial charge in [0.25, 0.3) is 5.91 Å². The van der Waals surface area contributed by atoms with Crippen LogP contribution in [0.2, 0.25) is 0 Å². The molecule has 0 radical (unpaired) electrons. The Morgan fingerprint density at radius 2 is 2.00 bits per heavy atom. The molecular formula is C20H18N4O2S4. The Bertz CT molecular complexity index is 1120. The Labute approximate surface area is 190 Å². The number of nitrogens with zero attached hydrogens (tertiary/aromatic N) is 3. The van der Waals surface area contributed by atoms with Gasteiger partial charge in [0, 0.05) is 16.2 Å². The number of rotatable bonds is 8. The summed E-state index contributed by atoms with van der Waals surface area (Å²) < 4.78 is 6.31. The summed E-state index contributed by atoms with van der Waals surface area (Å²) in [4.78, 5) is 19.2. The van der Waals surface area contributed by atoms with E-state index >= 15 is 0 Å². The van der Waals surface area contributed by atoms with E-state index in [0.29, 0.717) is 22.3 Å². The van der Waals surface area contributed by atoms with E-state index in [0.717, 1.165) is 26.4 Å². The normalized spacial score (nSPS) is 10.9. The average Bonchev–Trinajstić information content (AvgIpc) is 3.48. The number of amides is 1. The van der Waals surface area contributed by atoms with Crippen molar-refractivity contribution in [3.05, 3.63) is 57.2 Å². The molecule has 1 amide bonds. The predicted molar refractivity (Wildman–Crippen MR) is 125 cm³/mol. The second-order valence-electron chi connectivity index (χ2n) is 6.09. The molecule has 1 N–H and O–H groups in total. The number of thioether (sulfide) groups is 1. The molecule has 1 aromatic carbocycles. The van der Waals surface area contributed by atoms with Gasteiger partial charge in [0.1, 0.15) is 15.6 Å². The molecule has 0 aliphatic heterocycles. The third-order valence-electron chi connectivity index (χ3n) is 3.96. The van der Waals surface area contributed by atoms with E-state index in [1.54, 1.807) is 23.1 Å². The van der Waals surface area contributed by atoms with Gasteiger partial charge < -0.3 is 4.74 Å². The molecule has 4 rings (SSSR count). The quantitative estimate of drug-likeness (QED) is 0.250. The van der Waals surface area contributed by atoms with Gasteiger partial charge in [-0.1, -0.05) is 29.2 Å². The first-order chi connectivity index (χ1) is 14.6. The summed E-state index contributed by atoms with van der Waals surface area (Å²) >= 11 is 6.07. The van der Waals surface area contributed by atoms with E-state index in [1.807, 2.05) is 44.2 Å². The molecule has 10 heteroatoms. The zero-order valence-corrected chi connectivity index (χ0v) is 19.5. The number of nitrogens with one attached hydrogen (secondary N) is 1. The highest BCUT2D eigenvalue weighted by Gasteiger charge is 2.18. The molecule has 0 spiro atoms. The highest BCUT2D eigenvalue weighted by Crippen LogP contribution is 2.32. The minimum atomic E-state index is -0.215. The zero-order valence-electron chi connectivity index (χ0n) is 16.2. The van der Waals surface area contributed by atoms with E-state index in [4.69, 9.17) is 4.74 Å². The number of hydrogen-bond acceptors (Lipinski definition) is 9. The van der Waals surface area contributed by atoms with Crippen molar-refractivity contribution in [1.82, 2.24) is 15.2 Å². The summed E-state index contributed by atoms with van der Waals surface area (Å²) in [6.07, 6.45) is 0. The van der Waals surface area contributed by atoms with Crippen LogP contribution in [0, 0.1) is 6.92 Å². The Balaban J connectivity index is 1.41. The molecule has 0 bridgehead atoms. The fraction of sp³-hybridized carbons (Fsp3) is 0.200. The topological polar surface area (TPSA) is 77.0 Å². The van der Waals surface area contributed by atoms with Crippen LogP contribution in [-0.4, -0.2) is 27.7 Å². The molecule has 30 heavy (non-hydrogen) atoms.